The summed E-state index contributed by atoms with van der Waals surface area (Å²) in [6, 6.07) is 6.76. The summed E-state index contributed by atoms with van der Waals surface area (Å²) in [4.78, 5) is 40.2. The summed E-state index contributed by atoms with van der Waals surface area (Å²) in [6.45, 7) is 3.51. The minimum absolute atomic E-state index is 0.0331. The number of amides is 1. The number of phenolic OH excluding ortho intramolecular Hbond substituents is 1. The number of aliphatic hydroxyl groups is 3. The molecule has 1 aromatic carbocycles. The molecule has 6 N–H and O–H groups in total. The van der Waals surface area contributed by atoms with Crippen LogP contribution in [0, 0.1) is 11.8 Å². The fourth-order valence-electron chi connectivity index (χ4n) is 6.44. The van der Waals surface area contributed by atoms with Crippen LogP contribution in [0.15, 0.2) is 45.6 Å². The molecule has 0 bridgehead atoms. The largest absolute Gasteiger partial charge is 0.508 e. The van der Waals surface area contributed by atoms with Gasteiger partial charge < -0.3 is 35.3 Å². The number of benzene rings is 1. The summed E-state index contributed by atoms with van der Waals surface area (Å²) < 4.78 is 11.5. The number of carbonyl (C=O) groups is 3. The van der Waals surface area contributed by atoms with Gasteiger partial charge in [-0.25, -0.2) is 0 Å². The van der Waals surface area contributed by atoms with Crippen molar-refractivity contribution in [3.63, 3.8) is 0 Å². The average Bonchev–Trinajstić information content (AvgIpc) is 3.34. The number of aromatic hydroxyl groups is 1. The molecule has 2 heterocycles. The highest BCUT2D eigenvalue weighted by atomic mass is 16.5. The first-order valence-corrected chi connectivity index (χ1v) is 12.8. The molecule has 11 nitrogen and oxygen atoms in total. The molecule has 1 aromatic heterocycles. The van der Waals surface area contributed by atoms with Gasteiger partial charge in [-0.1, -0.05) is 0 Å². The van der Waals surface area contributed by atoms with E-state index in [0.29, 0.717) is 36.6 Å². The van der Waals surface area contributed by atoms with Crippen LogP contribution in [0.5, 0.6) is 5.75 Å². The Bertz CT molecular complexity index is 1480. The molecule has 11 heteroatoms. The molecule has 3 aliphatic carbocycles. The number of rotatable bonds is 4. The monoisotopic (exact) mass is 536 g/mol. The van der Waals surface area contributed by atoms with E-state index < -0.39 is 52.0 Å². The van der Waals surface area contributed by atoms with Crippen molar-refractivity contribution < 1.29 is 44.0 Å². The number of primary amides is 1. The van der Waals surface area contributed by atoms with Crippen LogP contribution in [0.2, 0.25) is 0 Å². The highest BCUT2D eigenvalue weighted by molar-refractivity contribution is 6.22. The summed E-state index contributed by atoms with van der Waals surface area (Å²) in [5.74, 6) is -5.27. The number of ketones is 2. The van der Waals surface area contributed by atoms with Crippen molar-refractivity contribution in [2.45, 2.75) is 31.4 Å². The SMILES string of the molecule is NC(=O)C1=C(O)C2(O)C(=O)C3=C(O)c4c(O)ccc(-c5ccc(CN6CCOCC6)o5)c4CC3CC2CC1=O. The molecule has 0 spiro atoms. The number of furan rings is 1. The van der Waals surface area contributed by atoms with Crippen molar-refractivity contribution in [3.05, 3.63) is 58.1 Å². The van der Waals surface area contributed by atoms with Gasteiger partial charge in [0.1, 0.15) is 34.4 Å². The lowest BCUT2D eigenvalue weighted by atomic mass is 9.59. The molecule has 1 saturated heterocycles. The molecule has 4 aliphatic rings. The Kier molecular flexibility index (Phi) is 5.90. The lowest BCUT2D eigenvalue weighted by Crippen LogP contribution is -2.58. The van der Waals surface area contributed by atoms with E-state index in [2.05, 4.69) is 4.90 Å². The first-order valence-electron chi connectivity index (χ1n) is 12.8. The number of nitrogens with two attached hydrogens (primary N) is 1. The number of morpholine rings is 1. The van der Waals surface area contributed by atoms with Gasteiger partial charge >= 0.3 is 0 Å². The van der Waals surface area contributed by atoms with E-state index in [1.165, 1.54) is 6.07 Å². The highest BCUT2D eigenvalue weighted by Crippen LogP contribution is 2.53. The van der Waals surface area contributed by atoms with E-state index in [1.807, 2.05) is 12.1 Å². The molecule has 1 aliphatic heterocycles. The molecule has 3 atom stereocenters. The minimum atomic E-state index is -2.59. The van der Waals surface area contributed by atoms with Gasteiger partial charge in [0.15, 0.2) is 11.4 Å². The van der Waals surface area contributed by atoms with E-state index >= 15 is 0 Å². The van der Waals surface area contributed by atoms with Gasteiger partial charge in [0.2, 0.25) is 5.78 Å². The van der Waals surface area contributed by atoms with Crippen LogP contribution in [0.1, 0.15) is 29.7 Å². The van der Waals surface area contributed by atoms with Gasteiger partial charge in [-0.2, -0.15) is 0 Å². The molecule has 0 radical (unpaired) electrons. The van der Waals surface area contributed by atoms with Gasteiger partial charge in [0.25, 0.3) is 5.91 Å². The number of aliphatic hydroxyl groups excluding tert-OH is 2. The van der Waals surface area contributed by atoms with E-state index in [4.69, 9.17) is 14.9 Å². The number of hydrogen-bond acceptors (Lipinski definition) is 10. The third-order valence-electron chi connectivity index (χ3n) is 8.36. The number of nitrogens with zero attached hydrogens (tertiary/aromatic N) is 1. The van der Waals surface area contributed by atoms with Crippen LogP contribution in [-0.2, 0) is 32.1 Å². The third-order valence-corrected chi connectivity index (χ3v) is 8.36. The van der Waals surface area contributed by atoms with Crippen LogP contribution in [0.3, 0.4) is 0 Å². The molecular formula is C28H28N2O9. The first-order chi connectivity index (χ1) is 18.6. The molecule has 39 heavy (non-hydrogen) atoms. The molecule has 1 saturated carbocycles. The Morgan fingerprint density at radius 3 is 2.54 bits per heavy atom. The maximum atomic E-state index is 13.6. The molecule has 6 rings (SSSR count). The van der Waals surface area contributed by atoms with Gasteiger partial charge in [-0.3, -0.25) is 19.3 Å². The summed E-state index contributed by atoms with van der Waals surface area (Å²) >= 11 is 0. The number of ether oxygens (including phenoxy) is 1. The van der Waals surface area contributed by atoms with E-state index in [-0.39, 0.29) is 36.1 Å². The lowest BCUT2D eigenvalue weighted by molar-refractivity contribution is -0.147. The second-order valence-electron chi connectivity index (χ2n) is 10.5. The maximum absolute atomic E-state index is 13.6. The fourth-order valence-corrected chi connectivity index (χ4v) is 6.44. The molecule has 3 unspecified atom stereocenters. The van der Waals surface area contributed by atoms with Crippen LogP contribution in [0.25, 0.3) is 17.1 Å². The maximum Gasteiger partial charge on any atom is 0.255 e. The smallest absolute Gasteiger partial charge is 0.255 e. The second-order valence-corrected chi connectivity index (χ2v) is 10.5. The normalized spacial score (nSPS) is 27.3. The Morgan fingerprint density at radius 2 is 1.82 bits per heavy atom. The molecule has 204 valence electrons. The fraction of sp³-hybridized carbons (Fsp3) is 0.393. The lowest BCUT2D eigenvalue weighted by Gasteiger charge is -2.46. The molecule has 2 aromatic rings. The van der Waals surface area contributed by atoms with Crippen molar-refractivity contribution in [1.29, 1.82) is 0 Å². The Morgan fingerprint density at radius 1 is 1.08 bits per heavy atom. The van der Waals surface area contributed by atoms with Gasteiger partial charge in [0, 0.05) is 36.6 Å². The van der Waals surface area contributed by atoms with Crippen molar-refractivity contribution in [2.75, 3.05) is 26.3 Å². The summed E-state index contributed by atoms with van der Waals surface area (Å²) in [7, 11) is 0. The predicted molar refractivity (Wildman–Crippen MR) is 135 cm³/mol. The summed E-state index contributed by atoms with van der Waals surface area (Å²) in [5.41, 5.74) is 2.89. The van der Waals surface area contributed by atoms with Crippen LogP contribution < -0.4 is 5.73 Å². The zero-order valence-corrected chi connectivity index (χ0v) is 21.0. The molecule has 1 amide bonds. The van der Waals surface area contributed by atoms with Crippen LogP contribution >= 0.6 is 0 Å². The number of hydrogen-bond donors (Lipinski definition) is 5. The second kappa shape index (κ2) is 9.08. The van der Waals surface area contributed by atoms with E-state index in [0.717, 1.165) is 18.8 Å². The Hall–Kier alpha value is -3.93. The standard InChI is InChI=1S/C28H28N2O9/c29-27(36)23-19(32)11-14-9-13-10-17-16(20-4-1-15(39-20)12-30-5-7-38-8-6-30)2-3-18(31)22(17)24(33)21(13)25(34)28(14,37)26(23)35/h1-4,13-14,31,33,35,37H,5-12H2,(H2,29,36). The number of Topliss-reactive ketones (excluding diaryl/α,β-unsaturated/α-hetero) is 2. The van der Waals surface area contributed by atoms with Crippen LogP contribution in [-0.4, -0.2) is 74.7 Å². The summed E-state index contributed by atoms with van der Waals surface area (Å²) in [5, 5.41) is 44.1. The highest BCUT2D eigenvalue weighted by Gasteiger charge is 2.60. The van der Waals surface area contributed by atoms with E-state index in [1.54, 1.807) is 6.07 Å². The van der Waals surface area contributed by atoms with Gasteiger partial charge in [-0.05, 0) is 48.6 Å². The number of fused-ring (bicyclic) bond motifs is 3. The molecule has 2 fully saturated rings. The third kappa shape index (κ3) is 3.80. The van der Waals surface area contributed by atoms with Gasteiger partial charge in [-0.15, -0.1) is 0 Å². The van der Waals surface area contributed by atoms with Gasteiger partial charge in [0.05, 0.1) is 25.3 Å². The van der Waals surface area contributed by atoms with Crippen molar-refractivity contribution in [2.24, 2.45) is 17.6 Å². The first kappa shape index (κ1) is 25.4. The topological polar surface area (TPSA) is 184 Å². The minimum Gasteiger partial charge on any atom is -0.508 e. The number of phenols is 1. The zero-order valence-electron chi connectivity index (χ0n) is 21.0. The quantitative estimate of drug-likeness (QED) is 0.359. The number of carbonyl (C=O) groups excluding carboxylic acids is 3. The van der Waals surface area contributed by atoms with Crippen LogP contribution in [0.4, 0.5) is 0 Å². The summed E-state index contributed by atoms with van der Waals surface area (Å²) in [6.07, 6.45) is -0.0893. The van der Waals surface area contributed by atoms with Crippen molar-refractivity contribution in [1.82, 2.24) is 4.90 Å². The predicted octanol–water partition coefficient (Wildman–Crippen LogP) is 1.52. The van der Waals surface area contributed by atoms with Crippen molar-refractivity contribution >= 4 is 23.2 Å². The van der Waals surface area contributed by atoms with Crippen molar-refractivity contribution in [3.8, 4) is 17.1 Å². The Labute approximate surface area is 222 Å². The average molecular weight is 537 g/mol. The van der Waals surface area contributed by atoms with E-state index in [9.17, 15) is 34.8 Å². The zero-order chi connectivity index (χ0) is 27.6. The molecular weight excluding hydrogens is 508 g/mol. The Balaban J connectivity index is 1.41.